The molecule has 1 aromatic heterocycles. The molecule has 0 amide bonds. The molecule has 94 valence electrons. The summed E-state index contributed by atoms with van der Waals surface area (Å²) in [5, 5.41) is 4.46. The van der Waals surface area contributed by atoms with Crippen LogP contribution in [0.1, 0.15) is 43.7 Å². The molecule has 2 heterocycles. The third-order valence-corrected chi connectivity index (χ3v) is 4.34. The first-order valence-corrected chi connectivity index (χ1v) is 6.78. The second kappa shape index (κ2) is 4.33. The van der Waals surface area contributed by atoms with E-state index < -0.39 is 0 Å². The lowest BCUT2D eigenvalue weighted by Crippen LogP contribution is -2.40. The lowest BCUT2D eigenvalue weighted by atomic mass is 9.82. The Morgan fingerprint density at radius 1 is 1.24 bits per heavy atom. The molecule has 0 spiro atoms. The van der Waals surface area contributed by atoms with Crippen LogP contribution in [0.15, 0.2) is 6.20 Å². The minimum absolute atomic E-state index is 0.398. The highest BCUT2D eigenvalue weighted by atomic mass is 15.3. The normalized spacial score (nSPS) is 22.8. The van der Waals surface area contributed by atoms with Gasteiger partial charge in [0.25, 0.3) is 0 Å². The van der Waals surface area contributed by atoms with Gasteiger partial charge in [0.1, 0.15) is 0 Å². The number of hydrogen-bond acceptors (Lipinski definition) is 3. The van der Waals surface area contributed by atoms with Gasteiger partial charge in [0, 0.05) is 32.1 Å². The number of nitrogens with zero attached hydrogens (tertiary/aromatic N) is 3. The summed E-state index contributed by atoms with van der Waals surface area (Å²) >= 11 is 0. The van der Waals surface area contributed by atoms with Crippen molar-refractivity contribution >= 4 is 5.69 Å². The molecular formula is C13H22N4. The first-order valence-electron chi connectivity index (χ1n) is 6.78. The van der Waals surface area contributed by atoms with Crippen LogP contribution in [-0.4, -0.2) is 28.9 Å². The van der Waals surface area contributed by atoms with Crippen molar-refractivity contribution in [2.75, 3.05) is 18.0 Å². The molecule has 4 heteroatoms. The van der Waals surface area contributed by atoms with Crippen LogP contribution < -0.4 is 10.6 Å². The van der Waals surface area contributed by atoms with Crippen molar-refractivity contribution < 1.29 is 0 Å². The average Bonchev–Trinajstić information content (AvgIpc) is 2.61. The van der Waals surface area contributed by atoms with Crippen molar-refractivity contribution in [1.29, 1.82) is 0 Å². The summed E-state index contributed by atoms with van der Waals surface area (Å²) in [6.07, 6.45) is 8.31. The van der Waals surface area contributed by atoms with E-state index in [1.54, 1.807) is 0 Å². The van der Waals surface area contributed by atoms with E-state index in [-0.39, 0.29) is 0 Å². The van der Waals surface area contributed by atoms with Crippen LogP contribution in [0.3, 0.4) is 0 Å². The fraction of sp³-hybridized carbons (Fsp3) is 0.769. The van der Waals surface area contributed by atoms with Crippen molar-refractivity contribution in [3.05, 3.63) is 11.9 Å². The molecule has 0 radical (unpaired) electrons. The molecule has 4 nitrogen and oxygen atoms in total. The predicted octanol–water partition coefficient (Wildman–Crippen LogP) is 1.62. The largest absolute Gasteiger partial charge is 0.369 e. The number of rotatable bonds is 2. The molecule has 3 rings (SSSR count). The second-order valence-corrected chi connectivity index (χ2v) is 5.49. The molecule has 1 saturated carbocycles. The zero-order valence-electron chi connectivity index (χ0n) is 10.6. The maximum Gasteiger partial charge on any atom is 0.0787 e. The minimum atomic E-state index is 0.398. The highest BCUT2D eigenvalue weighted by Crippen LogP contribution is 2.41. The third-order valence-electron chi connectivity index (χ3n) is 4.34. The quantitative estimate of drug-likeness (QED) is 0.845. The fourth-order valence-corrected chi connectivity index (χ4v) is 2.97. The van der Waals surface area contributed by atoms with E-state index in [9.17, 15) is 0 Å². The molecular weight excluding hydrogens is 212 g/mol. The summed E-state index contributed by atoms with van der Waals surface area (Å²) in [5.41, 5.74) is 8.78. The molecule has 2 fully saturated rings. The van der Waals surface area contributed by atoms with Gasteiger partial charge in [0.15, 0.2) is 0 Å². The van der Waals surface area contributed by atoms with Gasteiger partial charge in [-0.2, -0.15) is 5.10 Å². The van der Waals surface area contributed by atoms with Crippen LogP contribution >= 0.6 is 0 Å². The van der Waals surface area contributed by atoms with E-state index in [4.69, 9.17) is 5.73 Å². The number of anilines is 1. The van der Waals surface area contributed by atoms with Gasteiger partial charge in [-0.15, -0.1) is 0 Å². The highest BCUT2D eigenvalue weighted by molar-refractivity contribution is 5.52. The maximum atomic E-state index is 5.97. The van der Waals surface area contributed by atoms with Gasteiger partial charge in [-0.1, -0.05) is 6.42 Å². The van der Waals surface area contributed by atoms with Gasteiger partial charge in [-0.05, 0) is 25.7 Å². The zero-order chi connectivity index (χ0) is 11.8. The second-order valence-electron chi connectivity index (χ2n) is 5.49. The number of aromatic nitrogens is 2. The Hall–Kier alpha value is -1.03. The van der Waals surface area contributed by atoms with Crippen molar-refractivity contribution in [3.8, 4) is 0 Å². The van der Waals surface area contributed by atoms with E-state index in [1.165, 1.54) is 30.6 Å². The van der Waals surface area contributed by atoms with Gasteiger partial charge in [0.05, 0.1) is 17.6 Å². The summed E-state index contributed by atoms with van der Waals surface area (Å²) in [7, 11) is 2.08. The highest BCUT2D eigenvalue weighted by Gasteiger charge is 2.28. The van der Waals surface area contributed by atoms with Crippen LogP contribution in [-0.2, 0) is 7.05 Å². The van der Waals surface area contributed by atoms with Crippen molar-refractivity contribution in [3.63, 3.8) is 0 Å². The lowest BCUT2D eigenvalue weighted by Gasteiger charge is -2.34. The molecule has 1 aliphatic heterocycles. The summed E-state index contributed by atoms with van der Waals surface area (Å²) in [5.74, 6) is 0.744. The standard InChI is InChI=1S/C13H22N4/c1-16-13(10-3-2-4-10)12(9-15-16)17-7-5-11(14)6-8-17/h9-11H,2-8,14H2,1H3. The Labute approximate surface area is 103 Å². The van der Waals surface area contributed by atoms with E-state index in [1.807, 2.05) is 6.20 Å². The Morgan fingerprint density at radius 2 is 1.94 bits per heavy atom. The first kappa shape index (κ1) is 11.1. The van der Waals surface area contributed by atoms with Crippen LogP contribution in [0.2, 0.25) is 0 Å². The van der Waals surface area contributed by atoms with Gasteiger partial charge < -0.3 is 10.6 Å². The summed E-state index contributed by atoms with van der Waals surface area (Å²) in [4.78, 5) is 2.48. The first-order chi connectivity index (χ1) is 8.25. The Morgan fingerprint density at radius 3 is 2.53 bits per heavy atom. The molecule has 1 aromatic rings. The van der Waals surface area contributed by atoms with Gasteiger partial charge in [-0.25, -0.2) is 0 Å². The molecule has 2 aliphatic rings. The molecule has 0 aromatic carbocycles. The molecule has 17 heavy (non-hydrogen) atoms. The third kappa shape index (κ3) is 1.95. The Kier molecular flexibility index (Phi) is 2.82. The van der Waals surface area contributed by atoms with E-state index in [2.05, 4.69) is 21.7 Å². The van der Waals surface area contributed by atoms with Crippen molar-refractivity contribution in [2.45, 2.75) is 44.1 Å². The van der Waals surface area contributed by atoms with E-state index >= 15 is 0 Å². The van der Waals surface area contributed by atoms with E-state index in [0.717, 1.165) is 31.8 Å². The number of nitrogens with two attached hydrogens (primary N) is 1. The van der Waals surface area contributed by atoms with Crippen molar-refractivity contribution in [1.82, 2.24) is 9.78 Å². The molecule has 0 atom stereocenters. The van der Waals surface area contributed by atoms with Crippen LogP contribution in [0.25, 0.3) is 0 Å². The average molecular weight is 234 g/mol. The SMILES string of the molecule is Cn1ncc(N2CCC(N)CC2)c1C1CCC1. The van der Waals surface area contributed by atoms with Gasteiger partial charge >= 0.3 is 0 Å². The van der Waals surface area contributed by atoms with Crippen molar-refractivity contribution in [2.24, 2.45) is 12.8 Å². The number of aryl methyl sites for hydroxylation is 1. The molecule has 0 unspecified atom stereocenters. The molecule has 2 N–H and O–H groups in total. The summed E-state index contributed by atoms with van der Waals surface area (Å²) in [6.45, 7) is 2.18. The van der Waals surface area contributed by atoms with Gasteiger partial charge in [-0.3, -0.25) is 4.68 Å². The van der Waals surface area contributed by atoms with E-state index in [0.29, 0.717) is 6.04 Å². The number of hydrogen-bond donors (Lipinski definition) is 1. The van der Waals surface area contributed by atoms with Crippen LogP contribution in [0, 0.1) is 0 Å². The fourth-order valence-electron chi connectivity index (χ4n) is 2.97. The monoisotopic (exact) mass is 234 g/mol. The molecule has 1 aliphatic carbocycles. The molecule has 1 saturated heterocycles. The lowest BCUT2D eigenvalue weighted by molar-refractivity contribution is 0.395. The maximum absolute atomic E-state index is 5.97. The summed E-state index contributed by atoms with van der Waals surface area (Å²) < 4.78 is 2.08. The smallest absolute Gasteiger partial charge is 0.0787 e. The molecule has 0 bridgehead atoms. The predicted molar refractivity (Wildman–Crippen MR) is 69.2 cm³/mol. The topological polar surface area (TPSA) is 47.1 Å². The summed E-state index contributed by atoms with van der Waals surface area (Å²) in [6, 6.07) is 0.398. The van der Waals surface area contributed by atoms with Crippen LogP contribution in [0.4, 0.5) is 5.69 Å². The number of piperidine rings is 1. The van der Waals surface area contributed by atoms with Gasteiger partial charge in [0.2, 0.25) is 0 Å². The van der Waals surface area contributed by atoms with Crippen LogP contribution in [0.5, 0.6) is 0 Å². The Bertz CT molecular complexity index is 386. The minimum Gasteiger partial charge on any atom is -0.369 e. The zero-order valence-corrected chi connectivity index (χ0v) is 10.6. The Balaban J connectivity index is 1.82.